The van der Waals surface area contributed by atoms with Crippen LogP contribution in [0.5, 0.6) is 11.5 Å². The molecule has 0 aliphatic carbocycles. The highest BCUT2D eigenvalue weighted by atomic mass is 32.1. The number of esters is 1. The summed E-state index contributed by atoms with van der Waals surface area (Å²) in [6.45, 7) is -0.195. The molecule has 152 valence electrons. The molecule has 0 atom stereocenters. The van der Waals surface area contributed by atoms with Gasteiger partial charge in [-0.3, -0.25) is 0 Å². The number of nitrogens with zero attached hydrogens (tertiary/aromatic N) is 5. The van der Waals surface area contributed by atoms with Gasteiger partial charge in [0, 0.05) is 23.8 Å². The number of thiazole rings is 1. The fourth-order valence-corrected chi connectivity index (χ4v) is 3.22. The van der Waals surface area contributed by atoms with Crippen LogP contribution in [0.3, 0.4) is 0 Å². The molecule has 30 heavy (non-hydrogen) atoms. The number of carbonyl (C=O) groups is 1. The summed E-state index contributed by atoms with van der Waals surface area (Å²) in [6.07, 6.45) is 3.21. The van der Waals surface area contributed by atoms with E-state index in [1.165, 1.54) is 18.4 Å². The van der Waals surface area contributed by atoms with Gasteiger partial charge in [0.15, 0.2) is 23.1 Å². The first-order valence-corrected chi connectivity index (χ1v) is 9.51. The number of aromatic nitrogens is 5. The Morgan fingerprint density at radius 1 is 1.10 bits per heavy atom. The third kappa shape index (κ3) is 4.10. The molecule has 4 aromatic rings. The average molecular weight is 425 g/mol. The maximum Gasteiger partial charge on any atom is 0.358 e. The van der Waals surface area contributed by atoms with Crippen LogP contribution in [0.2, 0.25) is 0 Å². The van der Waals surface area contributed by atoms with Gasteiger partial charge in [-0.1, -0.05) is 5.16 Å². The number of hydrogen-bond donors (Lipinski definition) is 0. The van der Waals surface area contributed by atoms with E-state index < -0.39 is 5.97 Å². The summed E-state index contributed by atoms with van der Waals surface area (Å²) in [4.78, 5) is 28.9. The van der Waals surface area contributed by atoms with Gasteiger partial charge in [0.1, 0.15) is 11.5 Å². The van der Waals surface area contributed by atoms with Crippen molar-refractivity contribution in [2.75, 3.05) is 14.2 Å². The molecule has 4 rings (SSSR count). The maximum absolute atomic E-state index is 12.3. The Balaban J connectivity index is 1.43. The van der Waals surface area contributed by atoms with Gasteiger partial charge in [0.2, 0.25) is 5.82 Å². The molecule has 3 heterocycles. The summed E-state index contributed by atoms with van der Waals surface area (Å²) in [6, 6.07) is 6.92. The highest BCUT2D eigenvalue weighted by Gasteiger charge is 2.18. The van der Waals surface area contributed by atoms with Crippen molar-refractivity contribution in [2.24, 2.45) is 0 Å². The Morgan fingerprint density at radius 3 is 2.70 bits per heavy atom. The summed E-state index contributed by atoms with van der Waals surface area (Å²) in [5, 5.41) is 6.02. The maximum atomic E-state index is 12.3. The summed E-state index contributed by atoms with van der Waals surface area (Å²) in [5.74, 6) is 1.43. The van der Waals surface area contributed by atoms with E-state index in [0.717, 1.165) is 0 Å². The summed E-state index contributed by atoms with van der Waals surface area (Å²) < 4.78 is 20.9. The molecule has 0 amide bonds. The first kappa shape index (κ1) is 19.5. The second kappa shape index (κ2) is 8.66. The number of hydrogen-bond acceptors (Lipinski definition) is 11. The van der Waals surface area contributed by atoms with Crippen molar-refractivity contribution in [3.8, 4) is 33.7 Å². The number of benzene rings is 1. The van der Waals surface area contributed by atoms with E-state index in [1.807, 2.05) is 0 Å². The Morgan fingerprint density at radius 2 is 1.93 bits per heavy atom. The predicted molar refractivity (Wildman–Crippen MR) is 105 cm³/mol. The van der Waals surface area contributed by atoms with Crippen LogP contribution >= 0.6 is 11.3 Å². The summed E-state index contributed by atoms with van der Waals surface area (Å²) in [7, 11) is 3.09. The molecule has 0 bridgehead atoms. The van der Waals surface area contributed by atoms with E-state index in [0.29, 0.717) is 33.7 Å². The number of rotatable bonds is 7. The molecule has 0 radical (unpaired) electrons. The minimum atomic E-state index is -0.616. The molecular weight excluding hydrogens is 410 g/mol. The highest BCUT2D eigenvalue weighted by Crippen LogP contribution is 2.31. The fourth-order valence-electron chi connectivity index (χ4n) is 2.49. The van der Waals surface area contributed by atoms with Crippen LogP contribution in [-0.4, -0.2) is 45.3 Å². The minimum absolute atomic E-state index is 0.137. The van der Waals surface area contributed by atoms with Crippen LogP contribution in [0.1, 0.15) is 16.4 Å². The van der Waals surface area contributed by atoms with Gasteiger partial charge in [0.05, 0.1) is 19.8 Å². The average Bonchev–Trinajstić information content (AvgIpc) is 3.48. The van der Waals surface area contributed by atoms with Gasteiger partial charge in [-0.15, -0.1) is 11.3 Å². The lowest BCUT2D eigenvalue weighted by molar-refractivity contribution is 0.0424. The number of ether oxygens (including phenoxy) is 3. The lowest BCUT2D eigenvalue weighted by Crippen LogP contribution is -2.06. The molecule has 10 nitrogen and oxygen atoms in total. The summed E-state index contributed by atoms with van der Waals surface area (Å²) >= 11 is 1.25. The van der Waals surface area contributed by atoms with Gasteiger partial charge < -0.3 is 18.7 Å². The number of carbonyl (C=O) groups excluding carboxylic acids is 1. The normalized spacial score (nSPS) is 10.6. The second-order valence-electron chi connectivity index (χ2n) is 5.76. The van der Waals surface area contributed by atoms with Gasteiger partial charge in [-0.25, -0.2) is 19.7 Å². The van der Waals surface area contributed by atoms with E-state index >= 15 is 0 Å². The van der Waals surface area contributed by atoms with E-state index in [4.69, 9.17) is 18.7 Å². The van der Waals surface area contributed by atoms with E-state index in [2.05, 4.69) is 25.1 Å². The molecule has 1 aromatic carbocycles. The van der Waals surface area contributed by atoms with Crippen LogP contribution in [0, 0.1) is 0 Å². The smallest absolute Gasteiger partial charge is 0.358 e. The van der Waals surface area contributed by atoms with Crippen molar-refractivity contribution in [2.45, 2.75) is 6.61 Å². The molecule has 11 heteroatoms. The highest BCUT2D eigenvalue weighted by molar-refractivity contribution is 7.13. The van der Waals surface area contributed by atoms with Gasteiger partial charge in [0.25, 0.3) is 5.89 Å². The van der Waals surface area contributed by atoms with Crippen molar-refractivity contribution < 1.29 is 23.5 Å². The zero-order chi connectivity index (χ0) is 20.9. The molecule has 0 aliphatic rings. The zero-order valence-electron chi connectivity index (χ0n) is 15.9. The quantitative estimate of drug-likeness (QED) is 0.408. The van der Waals surface area contributed by atoms with Crippen molar-refractivity contribution in [3.05, 3.63) is 53.6 Å². The topological polar surface area (TPSA) is 122 Å². The summed E-state index contributed by atoms with van der Waals surface area (Å²) in [5.41, 5.74) is 0.769. The molecule has 0 spiro atoms. The Kier molecular flexibility index (Phi) is 5.61. The van der Waals surface area contributed by atoms with Crippen molar-refractivity contribution in [1.29, 1.82) is 0 Å². The molecular formula is C19H15N5O5S. The molecule has 0 saturated heterocycles. The van der Waals surface area contributed by atoms with Crippen LogP contribution in [0.25, 0.3) is 22.2 Å². The van der Waals surface area contributed by atoms with Crippen molar-refractivity contribution in [1.82, 2.24) is 25.1 Å². The number of methoxy groups -OCH3 is 2. The Hall–Kier alpha value is -3.86. The lowest BCUT2D eigenvalue weighted by Gasteiger charge is -2.07. The Labute approximate surface area is 174 Å². The van der Waals surface area contributed by atoms with Gasteiger partial charge in [-0.2, -0.15) is 4.98 Å². The molecule has 0 N–H and O–H groups in total. The first-order chi connectivity index (χ1) is 14.7. The van der Waals surface area contributed by atoms with Gasteiger partial charge >= 0.3 is 5.97 Å². The van der Waals surface area contributed by atoms with Crippen molar-refractivity contribution >= 4 is 17.3 Å². The molecule has 3 aromatic heterocycles. The molecule has 0 unspecified atom stereocenters. The fraction of sp³-hybridized carbons (Fsp3) is 0.158. The zero-order valence-corrected chi connectivity index (χ0v) is 16.8. The third-order valence-corrected chi connectivity index (χ3v) is 4.75. The minimum Gasteiger partial charge on any atom is -0.497 e. The SMILES string of the molecule is COc1ccc(-c2noc(COC(=O)c3csc(-c4ncccn4)n3)n2)c(OC)c1. The van der Waals surface area contributed by atoms with Crippen LogP contribution in [0.15, 0.2) is 46.6 Å². The largest absolute Gasteiger partial charge is 0.497 e. The lowest BCUT2D eigenvalue weighted by atomic mass is 10.2. The van der Waals surface area contributed by atoms with Crippen LogP contribution in [0.4, 0.5) is 0 Å². The van der Waals surface area contributed by atoms with E-state index in [9.17, 15) is 4.79 Å². The van der Waals surface area contributed by atoms with Crippen LogP contribution < -0.4 is 9.47 Å². The predicted octanol–water partition coefficient (Wildman–Crippen LogP) is 3.02. The second-order valence-corrected chi connectivity index (χ2v) is 6.62. The molecule has 0 aliphatic heterocycles. The third-order valence-electron chi connectivity index (χ3n) is 3.91. The molecule has 0 fully saturated rings. The molecule has 0 saturated carbocycles. The monoisotopic (exact) mass is 425 g/mol. The standard InChI is InChI=1S/C19H15N5O5S/c1-26-11-4-5-12(14(8-11)27-2)16-23-15(29-24-16)9-28-19(25)13-10-30-18(22-13)17-20-6-3-7-21-17/h3-8,10H,9H2,1-2H3. The van der Waals surface area contributed by atoms with Crippen LogP contribution in [-0.2, 0) is 11.3 Å². The van der Waals surface area contributed by atoms with Crippen molar-refractivity contribution in [3.63, 3.8) is 0 Å². The first-order valence-electron chi connectivity index (χ1n) is 8.63. The van der Waals surface area contributed by atoms with E-state index in [-0.39, 0.29) is 18.2 Å². The Bertz CT molecular complexity index is 1160. The van der Waals surface area contributed by atoms with E-state index in [1.54, 1.807) is 49.1 Å². The van der Waals surface area contributed by atoms with Gasteiger partial charge in [-0.05, 0) is 18.2 Å².